The molecule has 0 atom stereocenters. The average molecular weight is 538 g/mol. The van der Waals surface area contributed by atoms with Crippen molar-refractivity contribution >= 4 is 17.3 Å². The van der Waals surface area contributed by atoms with E-state index in [1.165, 1.54) is 37.4 Å². The smallest absolute Gasteiger partial charge is 0.255 e. The first-order valence-electron chi connectivity index (χ1n) is 12.8. The van der Waals surface area contributed by atoms with Gasteiger partial charge in [0.1, 0.15) is 11.5 Å². The number of carbonyl (C=O) groups is 2. The lowest BCUT2D eigenvalue weighted by Gasteiger charge is -2.17. The van der Waals surface area contributed by atoms with Gasteiger partial charge in [0.25, 0.3) is 11.8 Å². The fourth-order valence-electron chi connectivity index (χ4n) is 5.00. The maximum atomic E-state index is 15.5. The van der Waals surface area contributed by atoms with Crippen LogP contribution < -0.4 is 10.6 Å². The van der Waals surface area contributed by atoms with Crippen LogP contribution in [0.2, 0.25) is 0 Å². The minimum absolute atomic E-state index is 0.160. The number of rotatable bonds is 6. The molecule has 9 heteroatoms. The van der Waals surface area contributed by atoms with Crippen molar-refractivity contribution in [3.8, 4) is 22.4 Å². The predicted molar refractivity (Wildman–Crippen MR) is 147 cm³/mol. The van der Waals surface area contributed by atoms with Crippen LogP contribution in [-0.4, -0.2) is 33.5 Å². The molecule has 0 saturated heterocycles. The summed E-state index contributed by atoms with van der Waals surface area (Å²) in [4.78, 5) is 30.7. The average Bonchev–Trinajstić information content (AvgIpc) is 3.64. The molecule has 7 nitrogen and oxygen atoms in total. The molecule has 6 rings (SSSR count). The quantitative estimate of drug-likeness (QED) is 0.283. The minimum atomic E-state index is -0.688. The molecule has 200 valence electrons. The standard InChI is InChI=1S/C31H25F2N5O2/c1-18-6-7-20(29(39)36-31(12-13-31)25-5-3-4-14-35-25)15-23(18)21-16-24-27(30(40)34-2)28(37-38(24)26(33)17-21)19-8-10-22(32)11-9-19/h3-11,14-17H,12-13H2,1-2H3,(H,34,40)(H,36,39). The fraction of sp³-hybridized carbons (Fsp3) is 0.161. The van der Waals surface area contributed by atoms with Crippen LogP contribution >= 0.6 is 0 Å². The third kappa shape index (κ3) is 4.39. The Morgan fingerprint density at radius 1 is 0.925 bits per heavy atom. The zero-order chi connectivity index (χ0) is 28.0. The van der Waals surface area contributed by atoms with Crippen LogP contribution in [-0.2, 0) is 5.54 Å². The molecule has 0 aliphatic heterocycles. The number of carbonyl (C=O) groups excluding carboxylic acids is 2. The van der Waals surface area contributed by atoms with E-state index in [2.05, 4.69) is 20.7 Å². The van der Waals surface area contributed by atoms with Crippen LogP contribution in [0, 0.1) is 18.7 Å². The van der Waals surface area contributed by atoms with Crippen LogP contribution in [0.1, 0.15) is 44.8 Å². The van der Waals surface area contributed by atoms with Crippen molar-refractivity contribution < 1.29 is 18.4 Å². The molecule has 3 aromatic heterocycles. The Kier molecular flexibility index (Phi) is 6.14. The number of hydrogen-bond acceptors (Lipinski definition) is 4. The molecule has 1 aliphatic rings. The number of benzene rings is 2. The Hall–Kier alpha value is -4.92. The monoisotopic (exact) mass is 537 g/mol. The zero-order valence-corrected chi connectivity index (χ0v) is 21.8. The second-order valence-electron chi connectivity index (χ2n) is 9.95. The molecule has 5 aromatic rings. The summed E-state index contributed by atoms with van der Waals surface area (Å²) in [5, 5.41) is 10.1. The van der Waals surface area contributed by atoms with Gasteiger partial charge in [0.15, 0.2) is 0 Å². The van der Waals surface area contributed by atoms with Gasteiger partial charge in [-0.25, -0.2) is 8.91 Å². The van der Waals surface area contributed by atoms with Gasteiger partial charge in [-0.2, -0.15) is 9.49 Å². The Balaban J connectivity index is 1.42. The molecule has 2 N–H and O–H groups in total. The van der Waals surface area contributed by atoms with Gasteiger partial charge in [0.2, 0.25) is 5.95 Å². The molecule has 0 radical (unpaired) electrons. The summed E-state index contributed by atoms with van der Waals surface area (Å²) in [6.45, 7) is 1.87. The van der Waals surface area contributed by atoms with Gasteiger partial charge in [-0.1, -0.05) is 12.1 Å². The molecular weight excluding hydrogens is 512 g/mol. The molecule has 0 spiro atoms. The fourth-order valence-corrected chi connectivity index (χ4v) is 5.00. The summed E-state index contributed by atoms with van der Waals surface area (Å²) < 4.78 is 30.1. The summed E-state index contributed by atoms with van der Waals surface area (Å²) in [6.07, 6.45) is 3.31. The lowest BCUT2D eigenvalue weighted by molar-refractivity contribution is 0.0928. The van der Waals surface area contributed by atoms with Crippen molar-refractivity contribution in [3.05, 3.63) is 113 Å². The summed E-state index contributed by atoms with van der Waals surface area (Å²) in [5.74, 6) is -1.83. The molecule has 1 saturated carbocycles. The van der Waals surface area contributed by atoms with Gasteiger partial charge in [-0.15, -0.1) is 0 Å². The van der Waals surface area contributed by atoms with Crippen LogP contribution in [0.5, 0.6) is 0 Å². The van der Waals surface area contributed by atoms with E-state index in [9.17, 15) is 14.0 Å². The Bertz CT molecular complexity index is 1780. The number of pyridine rings is 2. The van der Waals surface area contributed by atoms with Crippen molar-refractivity contribution in [2.24, 2.45) is 0 Å². The van der Waals surface area contributed by atoms with E-state index in [1.807, 2.05) is 31.2 Å². The lowest BCUT2D eigenvalue weighted by Crippen LogP contribution is -2.35. The van der Waals surface area contributed by atoms with Crippen LogP contribution in [0.15, 0.2) is 79.0 Å². The molecular formula is C31H25F2N5O2. The van der Waals surface area contributed by atoms with Gasteiger partial charge in [0.05, 0.1) is 22.3 Å². The van der Waals surface area contributed by atoms with E-state index < -0.39 is 23.2 Å². The van der Waals surface area contributed by atoms with Crippen molar-refractivity contribution in [2.75, 3.05) is 7.05 Å². The van der Waals surface area contributed by atoms with E-state index in [1.54, 1.807) is 24.4 Å². The highest BCUT2D eigenvalue weighted by molar-refractivity contribution is 6.07. The van der Waals surface area contributed by atoms with Crippen molar-refractivity contribution in [3.63, 3.8) is 0 Å². The highest BCUT2D eigenvalue weighted by Gasteiger charge is 2.47. The number of amides is 2. The van der Waals surface area contributed by atoms with Gasteiger partial charge >= 0.3 is 0 Å². The first-order chi connectivity index (χ1) is 19.3. The number of hydrogen-bond donors (Lipinski definition) is 2. The molecule has 1 fully saturated rings. The maximum Gasteiger partial charge on any atom is 0.255 e. The minimum Gasteiger partial charge on any atom is -0.355 e. The molecule has 0 bridgehead atoms. The van der Waals surface area contributed by atoms with Gasteiger partial charge < -0.3 is 10.6 Å². The van der Waals surface area contributed by atoms with Crippen molar-refractivity contribution in [2.45, 2.75) is 25.3 Å². The number of aryl methyl sites for hydroxylation is 1. The van der Waals surface area contributed by atoms with Crippen LogP contribution in [0.4, 0.5) is 8.78 Å². The van der Waals surface area contributed by atoms with Crippen molar-refractivity contribution in [1.82, 2.24) is 25.2 Å². The number of aromatic nitrogens is 3. The van der Waals surface area contributed by atoms with E-state index in [0.717, 1.165) is 28.6 Å². The first-order valence-corrected chi connectivity index (χ1v) is 12.8. The van der Waals surface area contributed by atoms with Gasteiger partial charge in [-0.05, 0) is 91.1 Å². The summed E-state index contributed by atoms with van der Waals surface area (Å²) in [6, 6.07) is 19.4. The maximum absolute atomic E-state index is 15.5. The number of nitrogens with zero attached hydrogens (tertiary/aromatic N) is 3. The highest BCUT2D eigenvalue weighted by atomic mass is 19.1. The highest BCUT2D eigenvalue weighted by Crippen LogP contribution is 2.44. The zero-order valence-electron chi connectivity index (χ0n) is 21.8. The van der Waals surface area contributed by atoms with Crippen molar-refractivity contribution in [1.29, 1.82) is 0 Å². The second-order valence-corrected chi connectivity index (χ2v) is 9.95. The molecule has 2 aromatic carbocycles. The van der Waals surface area contributed by atoms with Gasteiger partial charge in [-0.3, -0.25) is 14.6 Å². The van der Waals surface area contributed by atoms with Crippen LogP contribution in [0.3, 0.4) is 0 Å². The second kappa shape index (κ2) is 9.68. The van der Waals surface area contributed by atoms with E-state index in [4.69, 9.17) is 0 Å². The van der Waals surface area contributed by atoms with Gasteiger partial charge in [0, 0.05) is 30.4 Å². The topological polar surface area (TPSA) is 88.4 Å². The van der Waals surface area contributed by atoms with E-state index in [0.29, 0.717) is 22.3 Å². The first kappa shape index (κ1) is 25.4. The Morgan fingerprint density at radius 2 is 1.70 bits per heavy atom. The molecule has 40 heavy (non-hydrogen) atoms. The number of fused-ring (bicyclic) bond motifs is 1. The molecule has 3 heterocycles. The number of nitrogens with one attached hydrogen (secondary N) is 2. The predicted octanol–water partition coefficient (Wildman–Crippen LogP) is 5.43. The summed E-state index contributed by atoms with van der Waals surface area (Å²) >= 11 is 0. The largest absolute Gasteiger partial charge is 0.355 e. The van der Waals surface area contributed by atoms with E-state index in [-0.39, 0.29) is 22.7 Å². The number of halogens is 2. The van der Waals surface area contributed by atoms with E-state index >= 15 is 4.39 Å². The Labute approximate surface area is 228 Å². The third-order valence-electron chi connectivity index (χ3n) is 7.33. The molecule has 1 aliphatic carbocycles. The molecule has 0 unspecified atom stereocenters. The summed E-state index contributed by atoms with van der Waals surface area (Å²) in [5.41, 5.74) is 3.82. The summed E-state index contributed by atoms with van der Waals surface area (Å²) in [7, 11) is 1.48. The SMILES string of the molecule is CNC(=O)c1c(-c2ccc(F)cc2)nn2c(F)cc(-c3cc(C(=O)NC4(c5ccccn5)CC4)ccc3C)cc12. The third-order valence-corrected chi connectivity index (χ3v) is 7.33. The molecule has 2 amide bonds. The normalized spacial score (nSPS) is 13.7. The van der Waals surface area contributed by atoms with Crippen LogP contribution in [0.25, 0.3) is 27.9 Å². The Morgan fingerprint density at radius 3 is 2.38 bits per heavy atom. The lowest BCUT2D eigenvalue weighted by atomic mass is 9.97.